The van der Waals surface area contributed by atoms with Crippen molar-refractivity contribution >= 4 is 17.5 Å². The molecule has 168 valence electrons. The van der Waals surface area contributed by atoms with E-state index in [0.717, 1.165) is 43.6 Å². The summed E-state index contributed by atoms with van der Waals surface area (Å²) in [5.41, 5.74) is 2.54. The molecule has 1 fully saturated rings. The van der Waals surface area contributed by atoms with Crippen LogP contribution in [0.2, 0.25) is 0 Å². The second-order valence-electron chi connectivity index (χ2n) is 9.84. The van der Waals surface area contributed by atoms with Crippen molar-refractivity contribution in [3.8, 4) is 0 Å². The lowest BCUT2D eigenvalue weighted by atomic mass is 9.79. The second-order valence-corrected chi connectivity index (χ2v) is 9.84. The molecule has 0 aliphatic heterocycles. The minimum absolute atomic E-state index is 0.00554. The van der Waals surface area contributed by atoms with Crippen LogP contribution in [-0.4, -0.2) is 35.1 Å². The predicted octanol–water partition coefficient (Wildman–Crippen LogP) is 4.90. The van der Waals surface area contributed by atoms with Gasteiger partial charge in [0.05, 0.1) is 17.5 Å². The van der Waals surface area contributed by atoms with Crippen LogP contribution < -0.4 is 10.2 Å². The number of aromatic nitrogens is 2. The number of nitrogens with one attached hydrogen (secondary N) is 2. The number of carbonyl (C=O) groups is 2. The quantitative estimate of drug-likeness (QED) is 0.663. The molecule has 1 heterocycles. The van der Waals surface area contributed by atoms with E-state index in [0.29, 0.717) is 30.4 Å². The van der Waals surface area contributed by atoms with E-state index in [4.69, 9.17) is 0 Å². The lowest BCUT2D eigenvalue weighted by molar-refractivity contribution is -0.123. The van der Waals surface area contributed by atoms with Gasteiger partial charge in [0.25, 0.3) is 5.91 Å². The van der Waals surface area contributed by atoms with E-state index in [1.165, 1.54) is 0 Å². The third-order valence-corrected chi connectivity index (χ3v) is 6.06. The average Bonchev–Trinajstić information content (AvgIpc) is 3.22. The van der Waals surface area contributed by atoms with Crippen LogP contribution >= 0.6 is 0 Å². The number of hydrogen-bond donors (Lipinski definition) is 2. The molecule has 2 N–H and O–H groups in total. The Morgan fingerprint density at radius 3 is 2.42 bits per heavy atom. The molecule has 0 radical (unpaired) electrons. The zero-order chi connectivity index (χ0) is 22.4. The Bertz CT molecular complexity index is 861. The highest BCUT2D eigenvalue weighted by atomic mass is 16.2. The van der Waals surface area contributed by atoms with Crippen molar-refractivity contribution in [3.63, 3.8) is 0 Å². The van der Waals surface area contributed by atoms with Gasteiger partial charge in [-0.2, -0.15) is 5.10 Å². The summed E-state index contributed by atoms with van der Waals surface area (Å²) in [5, 5.41) is 10.4. The van der Waals surface area contributed by atoms with Gasteiger partial charge in [0.1, 0.15) is 0 Å². The van der Waals surface area contributed by atoms with Crippen molar-refractivity contribution in [1.29, 1.82) is 0 Å². The van der Waals surface area contributed by atoms with Gasteiger partial charge in [0.2, 0.25) is 5.91 Å². The number of amides is 2. The Labute approximate surface area is 185 Å². The summed E-state index contributed by atoms with van der Waals surface area (Å²) >= 11 is 0. The molecule has 3 rings (SSSR count). The van der Waals surface area contributed by atoms with E-state index in [1.807, 2.05) is 37.3 Å². The largest absolute Gasteiger partial charge is 0.356 e. The predicted molar refractivity (Wildman–Crippen MR) is 124 cm³/mol. The van der Waals surface area contributed by atoms with Gasteiger partial charge < -0.3 is 10.2 Å². The SMILES string of the molecule is CCN(C(=O)c1cn[nH]c1C1CCC(CNC(=O)CC(C)(C)C)CC1)c1ccccc1. The van der Waals surface area contributed by atoms with Crippen molar-refractivity contribution in [2.24, 2.45) is 11.3 Å². The van der Waals surface area contributed by atoms with E-state index in [9.17, 15) is 9.59 Å². The first kappa shape index (κ1) is 23.0. The molecule has 1 aromatic carbocycles. The molecule has 1 aliphatic carbocycles. The van der Waals surface area contributed by atoms with E-state index in [-0.39, 0.29) is 17.2 Å². The van der Waals surface area contributed by atoms with Crippen molar-refractivity contribution in [1.82, 2.24) is 15.5 Å². The molecule has 0 bridgehead atoms. The first-order chi connectivity index (χ1) is 14.8. The van der Waals surface area contributed by atoms with Crippen LogP contribution in [0, 0.1) is 11.3 Å². The van der Waals surface area contributed by atoms with E-state index in [1.54, 1.807) is 11.1 Å². The van der Waals surface area contributed by atoms with Crippen molar-refractivity contribution in [2.75, 3.05) is 18.0 Å². The van der Waals surface area contributed by atoms with Crippen LogP contribution in [0.15, 0.2) is 36.5 Å². The van der Waals surface area contributed by atoms with Crippen LogP contribution in [0.1, 0.15) is 81.8 Å². The standard InChI is InChI=1S/C25H36N4O2/c1-5-29(20-9-7-6-8-10-20)24(31)21-17-27-28-23(21)19-13-11-18(12-14-19)16-26-22(30)15-25(2,3)4/h6-10,17-19H,5,11-16H2,1-4H3,(H,26,30)(H,27,28). The highest BCUT2D eigenvalue weighted by Gasteiger charge is 2.29. The van der Waals surface area contributed by atoms with Gasteiger partial charge in [-0.3, -0.25) is 14.7 Å². The smallest absolute Gasteiger partial charge is 0.261 e. The van der Waals surface area contributed by atoms with Crippen molar-refractivity contribution in [2.45, 2.75) is 65.7 Å². The summed E-state index contributed by atoms with van der Waals surface area (Å²) in [5.74, 6) is 0.932. The molecule has 6 heteroatoms. The van der Waals surface area contributed by atoms with Gasteiger partial charge in [-0.25, -0.2) is 0 Å². The van der Waals surface area contributed by atoms with Gasteiger partial charge in [0.15, 0.2) is 0 Å². The number of H-pyrrole nitrogens is 1. The Kier molecular flexibility index (Phi) is 7.52. The summed E-state index contributed by atoms with van der Waals surface area (Å²) in [6, 6.07) is 9.77. The van der Waals surface area contributed by atoms with Crippen LogP contribution in [-0.2, 0) is 4.79 Å². The third-order valence-electron chi connectivity index (χ3n) is 6.06. The van der Waals surface area contributed by atoms with Crippen LogP contribution in [0.25, 0.3) is 0 Å². The molecule has 6 nitrogen and oxygen atoms in total. The number of aromatic amines is 1. The fraction of sp³-hybridized carbons (Fsp3) is 0.560. The lowest BCUT2D eigenvalue weighted by Crippen LogP contribution is -2.33. The second kappa shape index (κ2) is 10.1. The zero-order valence-electron chi connectivity index (χ0n) is 19.3. The Morgan fingerprint density at radius 2 is 1.81 bits per heavy atom. The topological polar surface area (TPSA) is 78.1 Å². The van der Waals surface area contributed by atoms with Crippen LogP contribution in [0.3, 0.4) is 0 Å². The molecule has 0 spiro atoms. The third kappa shape index (κ3) is 6.18. The maximum atomic E-state index is 13.3. The summed E-state index contributed by atoms with van der Waals surface area (Å²) in [4.78, 5) is 27.2. The normalized spacial score (nSPS) is 19.1. The van der Waals surface area contributed by atoms with Crippen molar-refractivity contribution < 1.29 is 9.59 Å². The fourth-order valence-electron chi connectivity index (χ4n) is 4.43. The van der Waals surface area contributed by atoms with Gasteiger partial charge in [-0.15, -0.1) is 0 Å². The van der Waals surface area contributed by atoms with Crippen LogP contribution in [0.5, 0.6) is 0 Å². The highest BCUT2D eigenvalue weighted by molar-refractivity contribution is 6.06. The molecule has 1 aliphatic rings. The molecule has 31 heavy (non-hydrogen) atoms. The summed E-state index contributed by atoms with van der Waals surface area (Å²) in [7, 11) is 0. The number of rotatable bonds is 7. The van der Waals surface area contributed by atoms with Gasteiger partial charge >= 0.3 is 0 Å². The van der Waals surface area contributed by atoms with E-state index < -0.39 is 0 Å². The Hall–Kier alpha value is -2.63. The zero-order valence-corrected chi connectivity index (χ0v) is 19.3. The number of anilines is 1. The minimum Gasteiger partial charge on any atom is -0.356 e. The summed E-state index contributed by atoms with van der Waals surface area (Å²) in [6.45, 7) is 9.59. The number of nitrogens with zero attached hydrogens (tertiary/aromatic N) is 2. The molecular weight excluding hydrogens is 388 g/mol. The van der Waals surface area contributed by atoms with E-state index >= 15 is 0 Å². The molecule has 0 unspecified atom stereocenters. The monoisotopic (exact) mass is 424 g/mol. The number of hydrogen-bond acceptors (Lipinski definition) is 3. The van der Waals surface area contributed by atoms with Gasteiger partial charge in [0, 0.05) is 31.1 Å². The summed E-state index contributed by atoms with van der Waals surface area (Å²) in [6.07, 6.45) is 6.31. The fourth-order valence-corrected chi connectivity index (χ4v) is 4.43. The highest BCUT2D eigenvalue weighted by Crippen LogP contribution is 2.36. The average molecular weight is 425 g/mol. The van der Waals surface area contributed by atoms with Crippen LogP contribution in [0.4, 0.5) is 5.69 Å². The van der Waals surface area contributed by atoms with Gasteiger partial charge in [-0.05, 0) is 56.1 Å². The number of para-hydroxylation sites is 1. The first-order valence-electron chi connectivity index (χ1n) is 11.5. The Morgan fingerprint density at radius 1 is 1.13 bits per heavy atom. The maximum Gasteiger partial charge on any atom is 0.261 e. The molecule has 1 aromatic heterocycles. The number of carbonyl (C=O) groups excluding carboxylic acids is 2. The molecule has 2 aromatic rings. The minimum atomic E-state index is -0.00554. The van der Waals surface area contributed by atoms with E-state index in [2.05, 4.69) is 36.3 Å². The molecular formula is C25H36N4O2. The van der Waals surface area contributed by atoms with Gasteiger partial charge in [-0.1, -0.05) is 39.0 Å². The lowest BCUT2D eigenvalue weighted by Gasteiger charge is -2.29. The Balaban J connectivity index is 1.58. The molecule has 1 saturated carbocycles. The number of benzene rings is 1. The summed E-state index contributed by atoms with van der Waals surface area (Å²) < 4.78 is 0. The molecule has 0 saturated heterocycles. The first-order valence-corrected chi connectivity index (χ1v) is 11.5. The maximum absolute atomic E-state index is 13.3. The molecule has 2 amide bonds. The van der Waals surface area contributed by atoms with Crippen molar-refractivity contribution in [3.05, 3.63) is 47.8 Å². The molecule has 0 atom stereocenters.